The average Bonchev–Trinajstić information content (AvgIpc) is 2.84. The molecule has 0 amide bonds. The molecule has 1 saturated carbocycles. The first-order chi connectivity index (χ1) is 6.79. The molecule has 0 radical (unpaired) electrons. The summed E-state index contributed by atoms with van der Waals surface area (Å²) in [6.45, 7) is 2.22. The molecule has 2 atom stereocenters. The summed E-state index contributed by atoms with van der Waals surface area (Å²) in [5.74, 6) is 2.20. The number of nitrogens with zero attached hydrogens (tertiary/aromatic N) is 2. The molecule has 2 rings (SSSR count). The highest BCUT2D eigenvalue weighted by atomic mass is 15.1. The minimum Gasteiger partial charge on any atom is -0.384 e. The zero-order valence-corrected chi connectivity index (χ0v) is 8.40. The summed E-state index contributed by atoms with van der Waals surface area (Å²) in [4.78, 5) is 7.96. The summed E-state index contributed by atoms with van der Waals surface area (Å²) >= 11 is 0. The van der Waals surface area contributed by atoms with Crippen LogP contribution in [0.4, 0.5) is 11.6 Å². The first kappa shape index (κ1) is 9.24. The molecule has 0 saturated heterocycles. The van der Waals surface area contributed by atoms with Gasteiger partial charge in [-0.2, -0.15) is 0 Å². The molecule has 1 aliphatic rings. The summed E-state index contributed by atoms with van der Waals surface area (Å²) in [5.41, 5.74) is 5.56. The van der Waals surface area contributed by atoms with Crippen molar-refractivity contribution >= 4 is 11.6 Å². The zero-order valence-electron chi connectivity index (χ0n) is 8.40. The van der Waals surface area contributed by atoms with Crippen molar-refractivity contribution in [1.82, 2.24) is 9.97 Å². The van der Waals surface area contributed by atoms with Crippen molar-refractivity contribution in [3.05, 3.63) is 12.4 Å². The fourth-order valence-corrected chi connectivity index (χ4v) is 1.76. The third-order valence-electron chi connectivity index (χ3n) is 2.60. The summed E-state index contributed by atoms with van der Waals surface area (Å²) in [6.07, 6.45) is 5.32. The van der Waals surface area contributed by atoms with E-state index in [4.69, 9.17) is 5.73 Å². The van der Waals surface area contributed by atoms with Gasteiger partial charge in [0.2, 0.25) is 0 Å². The van der Waals surface area contributed by atoms with Gasteiger partial charge in [0.25, 0.3) is 0 Å². The molecule has 14 heavy (non-hydrogen) atoms. The molecule has 0 bridgehead atoms. The molecule has 0 spiro atoms. The summed E-state index contributed by atoms with van der Waals surface area (Å²) in [6, 6.07) is 2.38. The van der Waals surface area contributed by atoms with Gasteiger partial charge in [0, 0.05) is 12.1 Å². The lowest BCUT2D eigenvalue weighted by molar-refractivity contribution is 0.692. The average molecular weight is 192 g/mol. The summed E-state index contributed by atoms with van der Waals surface area (Å²) in [5, 5.41) is 3.36. The van der Waals surface area contributed by atoms with Crippen LogP contribution in [0.1, 0.15) is 26.2 Å². The lowest BCUT2D eigenvalue weighted by atomic mass is 10.2. The number of hydrogen-bond acceptors (Lipinski definition) is 4. The van der Waals surface area contributed by atoms with Crippen LogP contribution in [0.5, 0.6) is 0 Å². The van der Waals surface area contributed by atoms with Gasteiger partial charge >= 0.3 is 0 Å². The smallest absolute Gasteiger partial charge is 0.131 e. The molecule has 76 valence electrons. The van der Waals surface area contributed by atoms with Crippen molar-refractivity contribution in [1.29, 1.82) is 0 Å². The van der Waals surface area contributed by atoms with Crippen molar-refractivity contribution in [3.8, 4) is 0 Å². The van der Waals surface area contributed by atoms with Gasteiger partial charge in [-0.3, -0.25) is 0 Å². The Bertz CT molecular complexity index is 313. The summed E-state index contributed by atoms with van der Waals surface area (Å²) in [7, 11) is 0. The van der Waals surface area contributed by atoms with E-state index in [9.17, 15) is 0 Å². The SMILES string of the molecule is CCCC1CC1Nc1cc(N)ncn1. The highest BCUT2D eigenvalue weighted by molar-refractivity contribution is 5.45. The first-order valence-corrected chi connectivity index (χ1v) is 5.13. The van der Waals surface area contributed by atoms with Crippen LogP contribution in [0, 0.1) is 5.92 Å². The Kier molecular flexibility index (Phi) is 2.52. The van der Waals surface area contributed by atoms with E-state index in [1.807, 2.05) is 0 Å². The molecule has 0 aliphatic heterocycles. The van der Waals surface area contributed by atoms with Crippen LogP contribution in [0.15, 0.2) is 12.4 Å². The molecular formula is C10H16N4. The molecule has 1 aliphatic carbocycles. The van der Waals surface area contributed by atoms with Crippen LogP contribution in [0.3, 0.4) is 0 Å². The molecule has 1 heterocycles. The Morgan fingerprint density at radius 1 is 1.57 bits per heavy atom. The number of nitrogens with two attached hydrogens (primary N) is 1. The van der Waals surface area contributed by atoms with Gasteiger partial charge in [0.15, 0.2) is 0 Å². The second-order valence-electron chi connectivity index (χ2n) is 3.86. The lowest BCUT2D eigenvalue weighted by Crippen LogP contribution is -2.07. The van der Waals surface area contributed by atoms with Gasteiger partial charge in [-0.15, -0.1) is 0 Å². The number of anilines is 2. The zero-order chi connectivity index (χ0) is 9.97. The Morgan fingerprint density at radius 2 is 2.43 bits per heavy atom. The molecule has 2 unspecified atom stereocenters. The number of nitrogens with one attached hydrogen (secondary N) is 1. The molecular weight excluding hydrogens is 176 g/mol. The Morgan fingerprint density at radius 3 is 3.14 bits per heavy atom. The maximum atomic E-state index is 5.56. The van der Waals surface area contributed by atoms with Crippen molar-refractivity contribution in [2.24, 2.45) is 5.92 Å². The standard InChI is InChI=1S/C10H16N4/c1-2-3-7-4-8(7)14-10-5-9(11)12-6-13-10/h5-8H,2-4H2,1H3,(H3,11,12,13,14). The molecule has 3 N–H and O–H groups in total. The van der Waals surface area contributed by atoms with Crippen LogP contribution in [0.2, 0.25) is 0 Å². The van der Waals surface area contributed by atoms with Crippen molar-refractivity contribution in [3.63, 3.8) is 0 Å². The van der Waals surface area contributed by atoms with Gasteiger partial charge in [0.1, 0.15) is 18.0 Å². The third kappa shape index (κ3) is 2.13. The largest absolute Gasteiger partial charge is 0.384 e. The number of aromatic nitrogens is 2. The Hall–Kier alpha value is -1.32. The number of nitrogen functional groups attached to an aromatic ring is 1. The fourth-order valence-electron chi connectivity index (χ4n) is 1.76. The molecule has 4 nitrogen and oxygen atoms in total. The van der Waals surface area contributed by atoms with Crippen molar-refractivity contribution in [2.45, 2.75) is 32.2 Å². The second kappa shape index (κ2) is 3.82. The topological polar surface area (TPSA) is 63.8 Å². The molecule has 0 aromatic carbocycles. The summed E-state index contributed by atoms with van der Waals surface area (Å²) < 4.78 is 0. The van der Waals surface area contributed by atoms with Crippen LogP contribution in [0.25, 0.3) is 0 Å². The minimum atomic E-state index is 0.523. The third-order valence-corrected chi connectivity index (χ3v) is 2.60. The molecule has 1 aromatic heterocycles. The van der Waals surface area contributed by atoms with E-state index in [0.29, 0.717) is 11.9 Å². The quantitative estimate of drug-likeness (QED) is 0.761. The lowest BCUT2D eigenvalue weighted by Gasteiger charge is -2.04. The van der Waals surface area contributed by atoms with Crippen LogP contribution < -0.4 is 11.1 Å². The Labute approximate surface area is 83.9 Å². The first-order valence-electron chi connectivity index (χ1n) is 5.13. The van der Waals surface area contributed by atoms with E-state index in [-0.39, 0.29) is 0 Å². The maximum absolute atomic E-state index is 5.56. The van der Waals surface area contributed by atoms with Gasteiger partial charge in [-0.25, -0.2) is 9.97 Å². The predicted molar refractivity (Wildman–Crippen MR) is 56.9 cm³/mol. The number of rotatable bonds is 4. The monoisotopic (exact) mass is 192 g/mol. The Balaban J connectivity index is 1.87. The van der Waals surface area contributed by atoms with E-state index in [1.165, 1.54) is 25.6 Å². The van der Waals surface area contributed by atoms with Crippen LogP contribution in [-0.4, -0.2) is 16.0 Å². The van der Waals surface area contributed by atoms with E-state index >= 15 is 0 Å². The molecule has 1 fully saturated rings. The van der Waals surface area contributed by atoms with Crippen LogP contribution in [-0.2, 0) is 0 Å². The maximum Gasteiger partial charge on any atom is 0.131 e. The highest BCUT2D eigenvalue weighted by Gasteiger charge is 2.36. The van der Waals surface area contributed by atoms with Crippen LogP contribution >= 0.6 is 0 Å². The van der Waals surface area contributed by atoms with E-state index < -0.39 is 0 Å². The van der Waals surface area contributed by atoms with Gasteiger partial charge in [0.05, 0.1) is 0 Å². The van der Waals surface area contributed by atoms with Crippen molar-refractivity contribution < 1.29 is 0 Å². The normalized spacial score (nSPS) is 24.6. The minimum absolute atomic E-state index is 0.523. The van der Waals surface area contributed by atoms with Gasteiger partial charge in [-0.1, -0.05) is 13.3 Å². The van der Waals surface area contributed by atoms with Gasteiger partial charge in [-0.05, 0) is 18.8 Å². The van der Waals surface area contributed by atoms with E-state index in [2.05, 4.69) is 22.2 Å². The predicted octanol–water partition coefficient (Wildman–Crippen LogP) is 1.66. The van der Waals surface area contributed by atoms with E-state index in [0.717, 1.165) is 11.7 Å². The van der Waals surface area contributed by atoms with E-state index in [1.54, 1.807) is 6.07 Å². The molecule has 1 aromatic rings. The van der Waals surface area contributed by atoms with Gasteiger partial charge < -0.3 is 11.1 Å². The number of hydrogen-bond donors (Lipinski definition) is 2. The second-order valence-corrected chi connectivity index (χ2v) is 3.86. The fraction of sp³-hybridized carbons (Fsp3) is 0.600. The molecule has 4 heteroatoms. The van der Waals surface area contributed by atoms with Crippen molar-refractivity contribution in [2.75, 3.05) is 11.1 Å². The highest BCUT2D eigenvalue weighted by Crippen LogP contribution is 2.36.